The summed E-state index contributed by atoms with van der Waals surface area (Å²) >= 11 is 0. The maximum atomic E-state index is 12.8. The molecular formula is C25H27N5O. The van der Waals surface area contributed by atoms with Crippen LogP contribution in [0.15, 0.2) is 67.1 Å². The molecule has 4 aromatic rings. The Labute approximate surface area is 181 Å². The first kappa shape index (κ1) is 19.5. The van der Waals surface area contributed by atoms with Gasteiger partial charge in [-0.15, -0.1) is 0 Å². The molecule has 31 heavy (non-hydrogen) atoms. The topological polar surface area (TPSA) is 66.8 Å². The van der Waals surface area contributed by atoms with E-state index in [9.17, 15) is 4.79 Å². The van der Waals surface area contributed by atoms with Gasteiger partial charge in [0.1, 0.15) is 0 Å². The number of nitrogens with one attached hydrogen (secondary N) is 1. The van der Waals surface area contributed by atoms with E-state index in [1.807, 2.05) is 30.5 Å². The zero-order valence-electron chi connectivity index (χ0n) is 17.7. The summed E-state index contributed by atoms with van der Waals surface area (Å²) in [5, 5.41) is 6.85. The number of aryl methyl sites for hydroxylation is 1. The third-order valence-electron chi connectivity index (χ3n) is 6.33. The van der Waals surface area contributed by atoms with Gasteiger partial charge in [-0.05, 0) is 49.4 Å². The van der Waals surface area contributed by atoms with Gasteiger partial charge in [-0.3, -0.25) is 9.89 Å². The SMILES string of the molecule is C[C@H]1CC(Cn2ccc3nc(-c4cn[nH]c4)ccc32)CN1C(=O)CCc1ccccc1. The Morgan fingerprint density at radius 2 is 2.03 bits per heavy atom. The predicted molar refractivity (Wildman–Crippen MR) is 121 cm³/mol. The lowest BCUT2D eigenvalue weighted by Gasteiger charge is -2.21. The molecule has 1 fully saturated rings. The smallest absolute Gasteiger partial charge is 0.223 e. The molecule has 158 valence electrons. The van der Waals surface area contributed by atoms with Crippen molar-refractivity contribution in [3.8, 4) is 11.3 Å². The van der Waals surface area contributed by atoms with E-state index in [2.05, 4.69) is 57.1 Å². The number of carbonyl (C=O) groups is 1. The number of aromatic nitrogens is 4. The van der Waals surface area contributed by atoms with E-state index in [-0.39, 0.29) is 5.91 Å². The van der Waals surface area contributed by atoms with E-state index in [0.717, 1.165) is 48.2 Å². The Morgan fingerprint density at radius 1 is 1.16 bits per heavy atom. The summed E-state index contributed by atoms with van der Waals surface area (Å²) in [6.07, 6.45) is 8.18. The van der Waals surface area contributed by atoms with Gasteiger partial charge < -0.3 is 9.47 Å². The van der Waals surface area contributed by atoms with Gasteiger partial charge in [0.15, 0.2) is 0 Å². The van der Waals surface area contributed by atoms with Gasteiger partial charge in [0.05, 0.1) is 22.9 Å². The highest BCUT2D eigenvalue weighted by Crippen LogP contribution is 2.28. The van der Waals surface area contributed by atoms with Gasteiger partial charge in [0.2, 0.25) is 5.91 Å². The van der Waals surface area contributed by atoms with Crippen LogP contribution in [0.5, 0.6) is 0 Å². The maximum absolute atomic E-state index is 12.8. The molecule has 0 spiro atoms. The number of carbonyl (C=O) groups excluding carboxylic acids is 1. The fourth-order valence-corrected chi connectivity index (χ4v) is 4.72. The Bertz CT molecular complexity index is 1170. The van der Waals surface area contributed by atoms with Crippen LogP contribution in [-0.4, -0.2) is 43.1 Å². The van der Waals surface area contributed by atoms with Crippen LogP contribution in [0, 0.1) is 5.92 Å². The number of fused-ring (bicyclic) bond motifs is 1. The summed E-state index contributed by atoms with van der Waals surface area (Å²) in [5.74, 6) is 0.725. The van der Waals surface area contributed by atoms with Crippen LogP contribution in [0.3, 0.4) is 0 Å². The third kappa shape index (κ3) is 4.10. The van der Waals surface area contributed by atoms with E-state index in [1.165, 1.54) is 5.56 Å². The molecule has 0 aliphatic carbocycles. The van der Waals surface area contributed by atoms with Crippen molar-refractivity contribution in [3.63, 3.8) is 0 Å². The molecule has 1 amide bonds. The number of amides is 1. The molecule has 1 unspecified atom stereocenters. The monoisotopic (exact) mass is 413 g/mol. The molecular weight excluding hydrogens is 386 g/mol. The second kappa shape index (κ2) is 8.38. The number of nitrogens with zero attached hydrogens (tertiary/aromatic N) is 4. The fraction of sp³-hybridized carbons (Fsp3) is 0.320. The molecule has 3 aromatic heterocycles. The standard InChI is InChI=1S/C25H27N5O/c1-18-13-20(17-30(18)25(31)10-7-19-5-3-2-4-6-19)16-29-12-11-23-24(29)9-8-22(28-23)21-14-26-27-15-21/h2-6,8-9,11-12,14-15,18,20H,7,10,13,16-17H2,1H3,(H,26,27)/t18-,20?/m0/s1. The molecule has 6 heteroatoms. The summed E-state index contributed by atoms with van der Waals surface area (Å²) in [7, 11) is 0. The lowest BCUT2D eigenvalue weighted by Crippen LogP contribution is -2.34. The average molecular weight is 414 g/mol. The minimum absolute atomic E-state index is 0.266. The van der Waals surface area contributed by atoms with Crippen molar-refractivity contribution in [3.05, 3.63) is 72.7 Å². The van der Waals surface area contributed by atoms with Crippen molar-refractivity contribution in [2.75, 3.05) is 6.54 Å². The van der Waals surface area contributed by atoms with Crippen LogP contribution in [-0.2, 0) is 17.8 Å². The lowest BCUT2D eigenvalue weighted by atomic mass is 10.1. The summed E-state index contributed by atoms with van der Waals surface area (Å²) in [4.78, 5) is 19.7. The van der Waals surface area contributed by atoms with E-state index in [1.54, 1.807) is 6.20 Å². The molecule has 1 aliphatic heterocycles. The molecule has 0 bridgehead atoms. The number of hydrogen-bond donors (Lipinski definition) is 1. The first-order valence-electron chi connectivity index (χ1n) is 11.0. The highest BCUT2D eigenvalue weighted by molar-refractivity contribution is 5.79. The van der Waals surface area contributed by atoms with E-state index < -0.39 is 0 Å². The van der Waals surface area contributed by atoms with Crippen molar-refractivity contribution in [1.29, 1.82) is 0 Å². The van der Waals surface area contributed by atoms with Gasteiger partial charge in [0.25, 0.3) is 0 Å². The lowest BCUT2D eigenvalue weighted by molar-refractivity contribution is -0.131. The van der Waals surface area contributed by atoms with Crippen LogP contribution in [0.4, 0.5) is 0 Å². The normalized spacial score (nSPS) is 18.7. The predicted octanol–water partition coefficient (Wildman–Crippen LogP) is 4.30. The van der Waals surface area contributed by atoms with Gasteiger partial charge in [-0.25, -0.2) is 4.98 Å². The molecule has 0 radical (unpaired) electrons. The summed E-state index contributed by atoms with van der Waals surface area (Å²) in [5.41, 5.74) is 5.25. The number of pyridine rings is 1. The maximum Gasteiger partial charge on any atom is 0.223 e. The van der Waals surface area contributed by atoms with E-state index >= 15 is 0 Å². The second-order valence-corrected chi connectivity index (χ2v) is 8.54. The van der Waals surface area contributed by atoms with Crippen molar-refractivity contribution >= 4 is 16.9 Å². The van der Waals surface area contributed by atoms with Crippen molar-refractivity contribution in [2.45, 2.75) is 38.8 Å². The molecule has 0 saturated carbocycles. The summed E-state index contributed by atoms with van der Waals surface area (Å²) in [6, 6.07) is 16.8. The fourth-order valence-electron chi connectivity index (χ4n) is 4.72. The molecule has 1 aliphatic rings. The number of rotatable bonds is 6. The molecule has 1 aromatic carbocycles. The Hall–Kier alpha value is -3.41. The number of H-pyrrole nitrogens is 1. The minimum atomic E-state index is 0.266. The first-order valence-corrected chi connectivity index (χ1v) is 11.0. The van der Waals surface area contributed by atoms with E-state index in [4.69, 9.17) is 4.98 Å². The van der Waals surface area contributed by atoms with Gasteiger partial charge in [0, 0.05) is 43.5 Å². The molecule has 2 atom stereocenters. The third-order valence-corrected chi connectivity index (χ3v) is 6.33. The number of hydrogen-bond acceptors (Lipinski definition) is 3. The zero-order valence-corrected chi connectivity index (χ0v) is 17.7. The Balaban J connectivity index is 1.23. The molecule has 4 heterocycles. The van der Waals surface area contributed by atoms with Crippen LogP contribution in [0.1, 0.15) is 25.3 Å². The first-order chi connectivity index (χ1) is 15.2. The number of likely N-dealkylation sites (tertiary alicyclic amines) is 1. The van der Waals surface area contributed by atoms with Crippen molar-refractivity contribution in [1.82, 2.24) is 24.6 Å². The second-order valence-electron chi connectivity index (χ2n) is 8.54. The van der Waals surface area contributed by atoms with Crippen LogP contribution < -0.4 is 0 Å². The highest BCUT2D eigenvalue weighted by Gasteiger charge is 2.32. The number of aromatic amines is 1. The van der Waals surface area contributed by atoms with Crippen molar-refractivity contribution < 1.29 is 4.79 Å². The Kier molecular flexibility index (Phi) is 5.28. The molecule has 6 nitrogen and oxygen atoms in total. The highest BCUT2D eigenvalue weighted by atomic mass is 16.2. The number of benzene rings is 1. The minimum Gasteiger partial charge on any atom is -0.346 e. The van der Waals surface area contributed by atoms with Gasteiger partial charge in [-0.1, -0.05) is 30.3 Å². The zero-order chi connectivity index (χ0) is 21.2. The van der Waals surface area contributed by atoms with Crippen LogP contribution >= 0.6 is 0 Å². The largest absolute Gasteiger partial charge is 0.346 e. The van der Waals surface area contributed by atoms with Crippen LogP contribution in [0.2, 0.25) is 0 Å². The molecule has 1 saturated heterocycles. The summed E-state index contributed by atoms with van der Waals surface area (Å²) < 4.78 is 2.27. The van der Waals surface area contributed by atoms with Gasteiger partial charge in [-0.2, -0.15) is 5.10 Å². The average Bonchev–Trinajstić information content (AvgIpc) is 3.53. The van der Waals surface area contributed by atoms with Crippen molar-refractivity contribution in [2.24, 2.45) is 5.92 Å². The van der Waals surface area contributed by atoms with Gasteiger partial charge >= 0.3 is 0 Å². The molecule has 5 rings (SSSR count). The Morgan fingerprint density at radius 3 is 2.84 bits per heavy atom. The van der Waals surface area contributed by atoms with Crippen LogP contribution in [0.25, 0.3) is 22.3 Å². The summed E-state index contributed by atoms with van der Waals surface area (Å²) in [6.45, 7) is 3.91. The molecule has 1 N–H and O–H groups in total. The quantitative estimate of drug-likeness (QED) is 0.513. The van der Waals surface area contributed by atoms with E-state index in [0.29, 0.717) is 18.4 Å².